The maximum Gasteiger partial charge on any atom is 0.206 e. The van der Waals surface area contributed by atoms with Gasteiger partial charge in [-0.1, -0.05) is 27.2 Å². The highest BCUT2D eigenvalue weighted by Gasteiger charge is 2.77. The summed E-state index contributed by atoms with van der Waals surface area (Å²) in [6, 6.07) is 0. The topological polar surface area (TPSA) is 386 Å². The van der Waals surface area contributed by atoms with Gasteiger partial charge in [-0.15, -0.1) is 0 Å². The van der Waals surface area contributed by atoms with Crippen LogP contribution in [0.4, 0.5) is 0 Å². The zero-order chi connectivity index (χ0) is 51.7. The van der Waals surface area contributed by atoms with Gasteiger partial charge in [0.2, 0.25) is 6.29 Å². The van der Waals surface area contributed by atoms with Crippen molar-refractivity contribution in [3.05, 3.63) is 0 Å². The monoisotopic (exact) mass is 1030 g/mol. The third kappa shape index (κ3) is 8.88. The first kappa shape index (κ1) is 56.0. The number of ether oxygens (including phenoxy) is 7. The summed E-state index contributed by atoms with van der Waals surface area (Å²) < 4.78 is 43.6. The Hall–Kier alpha value is -1.25. The highest BCUT2D eigenvalue weighted by molar-refractivity contribution is 5.63. The van der Waals surface area contributed by atoms with Gasteiger partial charge in [-0.25, -0.2) is 0 Å². The molecular weight excluding hydrogens is 947 g/mol. The standard InChI is InChI=1S/C47H79NO23/c1-5-64-46-10-7-26-44(4)9-6-8-43(3,19-53)47(44,48-71-42-37(63)34(60)30(56)24(17-51)68-42)12-11-45(26,14-20(46)2)27(46)13-21-38(69-40-35(61)32(58)28(54)22(15-49)66-40)39(31(57)25(18-52)65-21)70-41-36(62)33(59)29(55)23(16-50)67-41/h19-42,48-52,54-63H,5-18H2,1-4H3/t20?,21?,22?,23?,24?,25?,26-,27+,28?,29?,30?,31?,32?,33?,34?,35?,36?,37?,38?,39?,40?,41?,42?,43-,44-,45-,46+,47-/m0/s1. The minimum absolute atomic E-state index is 0.0590. The van der Waals surface area contributed by atoms with Crippen LogP contribution in [0.25, 0.3) is 0 Å². The van der Waals surface area contributed by atoms with Crippen LogP contribution in [0.2, 0.25) is 0 Å². The van der Waals surface area contributed by atoms with Crippen LogP contribution in [0, 0.1) is 34.0 Å². The summed E-state index contributed by atoms with van der Waals surface area (Å²) in [6.07, 6.45) is -27.9. The fraction of sp³-hybridized carbons (Fsp3) is 0.979. The molecule has 71 heavy (non-hydrogen) atoms. The van der Waals surface area contributed by atoms with Crippen molar-refractivity contribution in [3.8, 4) is 0 Å². The van der Waals surface area contributed by atoms with Crippen molar-refractivity contribution >= 4 is 6.29 Å². The summed E-state index contributed by atoms with van der Waals surface area (Å²) in [6.45, 7) is 5.27. The van der Waals surface area contributed by atoms with Crippen molar-refractivity contribution in [1.82, 2.24) is 5.48 Å². The third-order valence-electron chi connectivity index (χ3n) is 19.0. The van der Waals surface area contributed by atoms with E-state index in [1.165, 1.54) is 0 Å². The maximum absolute atomic E-state index is 13.6. The summed E-state index contributed by atoms with van der Waals surface area (Å²) in [5.41, 5.74) is -1.09. The van der Waals surface area contributed by atoms with Gasteiger partial charge < -0.3 is 109 Å². The molecule has 410 valence electrons. The van der Waals surface area contributed by atoms with E-state index in [9.17, 15) is 76.3 Å². The number of nitrogens with one attached hydrogen (secondary N) is 1. The van der Waals surface area contributed by atoms with E-state index in [1.807, 2.05) is 13.8 Å². The normalized spacial score (nSPS) is 55.3. The molecule has 4 saturated carbocycles. The van der Waals surface area contributed by atoms with Crippen molar-refractivity contribution in [2.45, 2.75) is 219 Å². The van der Waals surface area contributed by atoms with E-state index < -0.39 is 182 Å². The fourth-order valence-electron chi connectivity index (χ4n) is 15.3. The van der Waals surface area contributed by atoms with E-state index in [0.29, 0.717) is 58.0 Å². The zero-order valence-corrected chi connectivity index (χ0v) is 40.7. The third-order valence-corrected chi connectivity index (χ3v) is 19.0. The van der Waals surface area contributed by atoms with Crippen LogP contribution in [-0.4, -0.2) is 245 Å². The van der Waals surface area contributed by atoms with E-state index >= 15 is 0 Å². The summed E-state index contributed by atoms with van der Waals surface area (Å²) in [4.78, 5) is 19.8. The zero-order valence-electron chi connectivity index (χ0n) is 40.7. The molecule has 8 fully saturated rings. The molecule has 4 aliphatic carbocycles. The van der Waals surface area contributed by atoms with Crippen LogP contribution in [0.3, 0.4) is 0 Å². The number of hydroxylamine groups is 1. The van der Waals surface area contributed by atoms with Crippen molar-refractivity contribution in [3.63, 3.8) is 0 Å². The van der Waals surface area contributed by atoms with Gasteiger partial charge in [-0.2, -0.15) is 5.48 Å². The number of carbonyl (C=O) groups excluding carboxylic acids is 1. The Morgan fingerprint density at radius 1 is 0.592 bits per heavy atom. The highest BCUT2D eigenvalue weighted by Crippen LogP contribution is 2.77. The molecule has 0 radical (unpaired) electrons. The molecule has 24 nitrogen and oxygen atoms in total. The predicted molar refractivity (Wildman–Crippen MR) is 237 cm³/mol. The number of aliphatic hydroxyl groups excluding tert-OH is 14. The number of hydrogen-bond acceptors (Lipinski definition) is 24. The number of hydrogen-bond donors (Lipinski definition) is 15. The molecule has 4 aliphatic heterocycles. The van der Waals surface area contributed by atoms with E-state index in [2.05, 4.69) is 19.3 Å². The Morgan fingerprint density at radius 3 is 1.62 bits per heavy atom. The first-order valence-corrected chi connectivity index (χ1v) is 25.3. The van der Waals surface area contributed by atoms with Crippen LogP contribution in [0.1, 0.15) is 85.5 Å². The van der Waals surface area contributed by atoms with Gasteiger partial charge in [0.15, 0.2) is 12.6 Å². The minimum atomic E-state index is -1.95. The number of aldehydes is 1. The molecule has 15 N–H and O–H groups in total. The van der Waals surface area contributed by atoms with E-state index in [0.717, 1.165) is 6.29 Å². The first-order chi connectivity index (χ1) is 33.6. The molecule has 21 unspecified atom stereocenters. The Bertz CT molecular complexity index is 1800. The summed E-state index contributed by atoms with van der Waals surface area (Å²) in [5.74, 6) is -0.698. The second-order valence-corrected chi connectivity index (χ2v) is 22.2. The lowest BCUT2D eigenvalue weighted by Crippen LogP contribution is -2.76. The van der Waals surface area contributed by atoms with Gasteiger partial charge in [0.1, 0.15) is 104 Å². The van der Waals surface area contributed by atoms with E-state index in [4.69, 9.17) is 38.0 Å². The van der Waals surface area contributed by atoms with Crippen LogP contribution >= 0.6 is 0 Å². The molecule has 0 aromatic carbocycles. The van der Waals surface area contributed by atoms with Crippen molar-refractivity contribution in [2.24, 2.45) is 34.0 Å². The lowest BCUT2D eigenvalue weighted by Gasteiger charge is -2.71. The van der Waals surface area contributed by atoms with Crippen LogP contribution < -0.4 is 5.48 Å². The van der Waals surface area contributed by atoms with Crippen LogP contribution in [0.5, 0.6) is 0 Å². The van der Waals surface area contributed by atoms with Gasteiger partial charge in [0, 0.05) is 12.0 Å². The van der Waals surface area contributed by atoms with Crippen LogP contribution in [0.15, 0.2) is 0 Å². The van der Waals surface area contributed by atoms with Crippen molar-refractivity contribution < 1.29 is 114 Å². The smallest absolute Gasteiger partial charge is 0.206 e. The van der Waals surface area contributed by atoms with Gasteiger partial charge in [0.25, 0.3) is 0 Å². The molecule has 1 spiro atoms. The Morgan fingerprint density at radius 2 is 1.10 bits per heavy atom. The van der Waals surface area contributed by atoms with Crippen molar-refractivity contribution in [1.29, 1.82) is 0 Å². The number of fused-ring (bicyclic) bond motifs is 3. The number of rotatable bonds is 16. The second kappa shape index (κ2) is 21.3. The van der Waals surface area contributed by atoms with Gasteiger partial charge in [-0.3, -0.25) is 4.84 Å². The average Bonchev–Trinajstić information content (AvgIpc) is 3.47. The van der Waals surface area contributed by atoms with Gasteiger partial charge >= 0.3 is 0 Å². The lowest BCUT2D eigenvalue weighted by atomic mass is 9.36. The lowest BCUT2D eigenvalue weighted by molar-refractivity contribution is -0.373. The molecule has 8 rings (SSSR count). The highest BCUT2D eigenvalue weighted by atomic mass is 16.8. The number of carbonyl (C=O) groups is 1. The first-order valence-electron chi connectivity index (χ1n) is 25.3. The summed E-state index contributed by atoms with van der Waals surface area (Å²) >= 11 is 0. The molecule has 24 heteroatoms. The molecule has 28 atom stereocenters. The van der Waals surface area contributed by atoms with E-state index in [-0.39, 0.29) is 18.3 Å². The fourth-order valence-corrected chi connectivity index (χ4v) is 15.3. The molecule has 4 heterocycles. The average molecular weight is 1030 g/mol. The van der Waals surface area contributed by atoms with Crippen molar-refractivity contribution in [2.75, 3.05) is 33.0 Å². The molecular formula is C47H79NO23. The Labute approximate surface area is 411 Å². The summed E-state index contributed by atoms with van der Waals surface area (Å²) in [7, 11) is 0. The van der Waals surface area contributed by atoms with Crippen LogP contribution in [-0.2, 0) is 42.8 Å². The molecule has 0 aromatic heterocycles. The Balaban J connectivity index is 1.19. The predicted octanol–water partition coefficient (Wildman–Crippen LogP) is -5.06. The quantitative estimate of drug-likeness (QED) is 0.0508. The molecule has 0 aromatic rings. The number of aliphatic hydroxyl groups is 14. The second-order valence-electron chi connectivity index (χ2n) is 22.2. The molecule has 2 bridgehead atoms. The maximum atomic E-state index is 13.6. The van der Waals surface area contributed by atoms with E-state index in [1.54, 1.807) is 0 Å². The molecule has 4 saturated heterocycles. The Kier molecular flexibility index (Phi) is 16.8. The molecule has 8 aliphatic rings. The summed E-state index contributed by atoms with van der Waals surface area (Å²) in [5, 5.41) is 150. The van der Waals surface area contributed by atoms with Gasteiger partial charge in [0.05, 0.1) is 43.7 Å². The molecule has 0 amide bonds. The largest absolute Gasteiger partial charge is 0.394 e. The SMILES string of the molecule is CCO[C@]12CC[C@@H]3[C@](CC[C@@]4(NOC5OC(CO)C(O)C(O)C5O)[C@@]3(C)CCC[C@@]4(C)C=O)(CC1C)[C@H]2CC1OC(CO)C(O)C(OC2OC(CO)C(O)C(O)C2O)C1OC1OC(CO)C(O)C(O)C1O. The minimum Gasteiger partial charge on any atom is -0.394 e. The van der Waals surface area contributed by atoms with Gasteiger partial charge in [-0.05, 0) is 86.9 Å².